The Labute approximate surface area is 99.8 Å². The predicted molar refractivity (Wildman–Crippen MR) is 66.3 cm³/mol. The topological polar surface area (TPSA) is 47.2 Å². The van der Waals surface area contributed by atoms with Crippen molar-refractivity contribution in [2.75, 3.05) is 0 Å². The summed E-state index contributed by atoms with van der Waals surface area (Å²) in [6.07, 6.45) is 3.53. The standard InChI is InChI=1S/C13H16N2O2/c1-10(2)14-6-7-15(13(14)17)12-5-3-4-11(8-12)9-16/h3-8,10,16H,9H2,1-2H3. The van der Waals surface area contributed by atoms with Gasteiger partial charge in [-0.3, -0.25) is 9.13 Å². The fourth-order valence-electron chi connectivity index (χ4n) is 1.78. The first kappa shape index (κ1) is 11.7. The molecule has 0 saturated carbocycles. The summed E-state index contributed by atoms with van der Waals surface area (Å²) in [7, 11) is 0. The molecular weight excluding hydrogens is 216 g/mol. The third kappa shape index (κ3) is 2.17. The first-order valence-electron chi connectivity index (χ1n) is 5.63. The normalized spacial score (nSPS) is 11.1. The smallest absolute Gasteiger partial charge is 0.332 e. The van der Waals surface area contributed by atoms with E-state index in [0.29, 0.717) is 0 Å². The Morgan fingerprint density at radius 1 is 1.29 bits per heavy atom. The Kier molecular flexibility index (Phi) is 3.15. The Balaban J connectivity index is 2.50. The van der Waals surface area contributed by atoms with E-state index in [4.69, 9.17) is 5.11 Å². The highest BCUT2D eigenvalue weighted by Gasteiger charge is 2.07. The molecule has 1 aromatic carbocycles. The fourth-order valence-corrected chi connectivity index (χ4v) is 1.78. The van der Waals surface area contributed by atoms with Crippen LogP contribution in [-0.2, 0) is 6.61 Å². The number of nitrogens with zero attached hydrogens (tertiary/aromatic N) is 2. The SMILES string of the molecule is CC(C)n1ccn(-c2cccc(CO)c2)c1=O. The minimum absolute atomic E-state index is 0.0204. The third-order valence-electron chi connectivity index (χ3n) is 2.73. The second kappa shape index (κ2) is 4.59. The lowest BCUT2D eigenvalue weighted by molar-refractivity contribution is 0.282. The molecule has 0 amide bonds. The lowest BCUT2D eigenvalue weighted by Gasteiger charge is -2.05. The fraction of sp³-hybridized carbons (Fsp3) is 0.308. The van der Waals surface area contributed by atoms with E-state index < -0.39 is 0 Å². The van der Waals surface area contributed by atoms with Crippen molar-refractivity contribution in [2.24, 2.45) is 0 Å². The summed E-state index contributed by atoms with van der Waals surface area (Å²) in [6.45, 7) is 3.92. The molecule has 0 aliphatic carbocycles. The Morgan fingerprint density at radius 2 is 2.06 bits per heavy atom. The van der Waals surface area contributed by atoms with Crippen LogP contribution in [0.25, 0.3) is 5.69 Å². The highest BCUT2D eigenvalue weighted by Crippen LogP contribution is 2.10. The monoisotopic (exact) mass is 232 g/mol. The van der Waals surface area contributed by atoms with Gasteiger partial charge < -0.3 is 5.11 Å². The molecule has 0 unspecified atom stereocenters. The van der Waals surface area contributed by atoms with Crippen LogP contribution in [0.4, 0.5) is 0 Å². The van der Waals surface area contributed by atoms with Crippen molar-refractivity contribution in [1.82, 2.24) is 9.13 Å². The van der Waals surface area contributed by atoms with Gasteiger partial charge in [0.05, 0.1) is 12.3 Å². The van der Waals surface area contributed by atoms with E-state index in [-0.39, 0.29) is 18.3 Å². The van der Waals surface area contributed by atoms with Crippen LogP contribution in [0.5, 0.6) is 0 Å². The maximum absolute atomic E-state index is 12.1. The number of aliphatic hydroxyl groups is 1. The van der Waals surface area contributed by atoms with Crippen molar-refractivity contribution >= 4 is 0 Å². The molecule has 0 saturated heterocycles. The van der Waals surface area contributed by atoms with Gasteiger partial charge in [-0.25, -0.2) is 4.79 Å². The lowest BCUT2D eigenvalue weighted by atomic mass is 10.2. The van der Waals surface area contributed by atoms with E-state index in [0.717, 1.165) is 11.3 Å². The van der Waals surface area contributed by atoms with Crippen LogP contribution in [0.15, 0.2) is 41.5 Å². The van der Waals surface area contributed by atoms with Crippen LogP contribution in [0.1, 0.15) is 25.5 Å². The molecule has 2 rings (SSSR count). The molecule has 1 N–H and O–H groups in total. The summed E-state index contributed by atoms with van der Waals surface area (Å²) >= 11 is 0. The second-order valence-corrected chi connectivity index (χ2v) is 4.28. The molecule has 1 aromatic heterocycles. The molecular formula is C13H16N2O2. The number of hydrogen-bond donors (Lipinski definition) is 1. The van der Waals surface area contributed by atoms with Crippen LogP contribution in [0, 0.1) is 0 Å². The zero-order chi connectivity index (χ0) is 12.4. The summed E-state index contributed by atoms with van der Waals surface area (Å²) in [5.74, 6) is 0. The predicted octanol–water partition coefficient (Wildman–Crippen LogP) is 1.71. The van der Waals surface area contributed by atoms with E-state index in [9.17, 15) is 4.79 Å². The molecule has 2 aromatic rings. The van der Waals surface area contributed by atoms with E-state index in [1.165, 1.54) is 0 Å². The zero-order valence-electron chi connectivity index (χ0n) is 10.00. The molecule has 4 nitrogen and oxygen atoms in total. The summed E-state index contributed by atoms with van der Waals surface area (Å²) in [6, 6.07) is 7.47. The number of rotatable bonds is 3. The summed E-state index contributed by atoms with van der Waals surface area (Å²) in [5.41, 5.74) is 1.52. The molecule has 0 fully saturated rings. The van der Waals surface area contributed by atoms with Crippen LogP contribution in [0.3, 0.4) is 0 Å². The molecule has 17 heavy (non-hydrogen) atoms. The van der Waals surface area contributed by atoms with E-state index in [1.54, 1.807) is 21.5 Å². The quantitative estimate of drug-likeness (QED) is 0.875. The summed E-state index contributed by atoms with van der Waals surface area (Å²) < 4.78 is 3.25. The van der Waals surface area contributed by atoms with Crippen LogP contribution in [-0.4, -0.2) is 14.2 Å². The van der Waals surface area contributed by atoms with Crippen molar-refractivity contribution in [3.05, 3.63) is 52.7 Å². The first-order chi connectivity index (χ1) is 8.13. The van der Waals surface area contributed by atoms with E-state index >= 15 is 0 Å². The highest BCUT2D eigenvalue weighted by molar-refractivity contribution is 5.35. The summed E-state index contributed by atoms with van der Waals surface area (Å²) in [4.78, 5) is 12.1. The van der Waals surface area contributed by atoms with Crippen LogP contribution < -0.4 is 5.69 Å². The number of aromatic nitrogens is 2. The van der Waals surface area contributed by atoms with Gasteiger partial charge in [0, 0.05) is 18.4 Å². The Hall–Kier alpha value is -1.81. The highest BCUT2D eigenvalue weighted by atomic mass is 16.3. The maximum atomic E-state index is 12.1. The van der Waals surface area contributed by atoms with E-state index in [1.807, 2.05) is 38.1 Å². The minimum atomic E-state index is -0.0601. The van der Waals surface area contributed by atoms with Gasteiger partial charge in [-0.15, -0.1) is 0 Å². The molecule has 0 aliphatic rings. The molecule has 0 bridgehead atoms. The van der Waals surface area contributed by atoms with Crippen molar-refractivity contribution in [1.29, 1.82) is 0 Å². The Bertz CT molecular complexity index is 567. The summed E-state index contributed by atoms with van der Waals surface area (Å²) in [5, 5.41) is 9.08. The molecule has 0 radical (unpaired) electrons. The van der Waals surface area contributed by atoms with Gasteiger partial charge in [0.25, 0.3) is 0 Å². The van der Waals surface area contributed by atoms with Gasteiger partial charge in [-0.1, -0.05) is 12.1 Å². The number of imidazole rings is 1. The van der Waals surface area contributed by atoms with Crippen LogP contribution in [0.2, 0.25) is 0 Å². The van der Waals surface area contributed by atoms with Gasteiger partial charge in [0.2, 0.25) is 0 Å². The number of benzene rings is 1. The first-order valence-corrected chi connectivity index (χ1v) is 5.63. The van der Waals surface area contributed by atoms with Gasteiger partial charge >= 0.3 is 5.69 Å². The second-order valence-electron chi connectivity index (χ2n) is 4.28. The minimum Gasteiger partial charge on any atom is -0.392 e. The van der Waals surface area contributed by atoms with Gasteiger partial charge in [-0.05, 0) is 31.5 Å². The average molecular weight is 232 g/mol. The third-order valence-corrected chi connectivity index (χ3v) is 2.73. The number of hydrogen-bond acceptors (Lipinski definition) is 2. The van der Waals surface area contributed by atoms with Crippen LogP contribution >= 0.6 is 0 Å². The lowest BCUT2D eigenvalue weighted by Crippen LogP contribution is -2.24. The van der Waals surface area contributed by atoms with Crippen molar-refractivity contribution in [2.45, 2.75) is 26.5 Å². The maximum Gasteiger partial charge on any atom is 0.332 e. The van der Waals surface area contributed by atoms with Crippen molar-refractivity contribution in [3.63, 3.8) is 0 Å². The molecule has 4 heteroatoms. The van der Waals surface area contributed by atoms with Gasteiger partial charge in [-0.2, -0.15) is 0 Å². The van der Waals surface area contributed by atoms with Crippen molar-refractivity contribution in [3.8, 4) is 5.69 Å². The van der Waals surface area contributed by atoms with Gasteiger partial charge in [0.1, 0.15) is 0 Å². The molecule has 90 valence electrons. The molecule has 0 atom stereocenters. The molecule has 0 aliphatic heterocycles. The average Bonchev–Trinajstić information content (AvgIpc) is 2.71. The van der Waals surface area contributed by atoms with Crippen molar-refractivity contribution < 1.29 is 5.11 Å². The zero-order valence-corrected chi connectivity index (χ0v) is 10.00. The Morgan fingerprint density at radius 3 is 2.65 bits per heavy atom. The number of aliphatic hydroxyl groups excluding tert-OH is 1. The molecule has 0 spiro atoms. The largest absolute Gasteiger partial charge is 0.392 e. The van der Waals surface area contributed by atoms with E-state index in [2.05, 4.69) is 0 Å². The van der Waals surface area contributed by atoms with Gasteiger partial charge in [0.15, 0.2) is 0 Å². The molecule has 1 heterocycles.